The Hall–Kier alpha value is 0.340. The van der Waals surface area contributed by atoms with Crippen LogP contribution in [0.1, 0.15) is 78.1 Å². The van der Waals surface area contributed by atoms with E-state index in [4.69, 9.17) is 39.5 Å². The SMILES string of the molecule is CCCCCCCCCCC(CC)OC(=O)C(Cl)(Cl)Cl. The van der Waals surface area contributed by atoms with Crippen LogP contribution in [-0.4, -0.2) is 15.9 Å². The first-order valence-electron chi connectivity index (χ1n) is 7.69. The average Bonchev–Trinajstić information content (AvgIpc) is 2.39. The third-order valence-corrected chi connectivity index (χ3v) is 3.80. The summed E-state index contributed by atoms with van der Waals surface area (Å²) in [4.78, 5) is 11.5. The molecule has 0 saturated heterocycles. The molecule has 0 aliphatic carbocycles. The minimum Gasteiger partial charge on any atom is -0.459 e. The molecule has 0 aromatic rings. The standard InChI is InChI=1S/C15H27Cl3O2/c1-3-5-6-7-8-9-10-11-12-13(4-2)20-14(19)15(16,17)18/h13H,3-12H2,1-2H3. The van der Waals surface area contributed by atoms with Crippen LogP contribution in [0.3, 0.4) is 0 Å². The van der Waals surface area contributed by atoms with Crippen LogP contribution < -0.4 is 0 Å². The molecule has 0 N–H and O–H groups in total. The van der Waals surface area contributed by atoms with E-state index >= 15 is 0 Å². The first-order chi connectivity index (χ1) is 9.41. The maximum absolute atomic E-state index is 11.5. The van der Waals surface area contributed by atoms with Crippen molar-refractivity contribution < 1.29 is 9.53 Å². The van der Waals surface area contributed by atoms with Gasteiger partial charge in [-0.3, -0.25) is 0 Å². The van der Waals surface area contributed by atoms with E-state index in [1.54, 1.807) is 0 Å². The van der Waals surface area contributed by atoms with Crippen LogP contribution in [0.25, 0.3) is 0 Å². The summed E-state index contributed by atoms with van der Waals surface area (Å²) in [5.41, 5.74) is 0. The number of alkyl halides is 3. The molecule has 1 unspecified atom stereocenters. The number of hydrogen-bond acceptors (Lipinski definition) is 2. The first kappa shape index (κ1) is 20.3. The molecule has 0 aromatic carbocycles. The highest BCUT2D eigenvalue weighted by molar-refractivity contribution is 6.75. The van der Waals surface area contributed by atoms with Gasteiger partial charge in [0, 0.05) is 0 Å². The fourth-order valence-corrected chi connectivity index (χ4v) is 2.20. The second-order valence-corrected chi connectivity index (χ2v) is 7.48. The molecular weight excluding hydrogens is 319 g/mol. The van der Waals surface area contributed by atoms with Gasteiger partial charge in [-0.15, -0.1) is 0 Å². The molecular formula is C15H27Cl3O2. The van der Waals surface area contributed by atoms with Crippen molar-refractivity contribution in [1.82, 2.24) is 0 Å². The Morgan fingerprint density at radius 3 is 1.90 bits per heavy atom. The number of hydrogen-bond donors (Lipinski definition) is 0. The minimum absolute atomic E-state index is 0.141. The van der Waals surface area contributed by atoms with Crippen molar-refractivity contribution in [3.8, 4) is 0 Å². The average molecular weight is 346 g/mol. The van der Waals surface area contributed by atoms with E-state index in [9.17, 15) is 4.79 Å². The molecule has 0 aliphatic rings. The number of halogens is 3. The molecule has 0 bridgehead atoms. The summed E-state index contributed by atoms with van der Waals surface area (Å²) in [7, 11) is 0. The van der Waals surface area contributed by atoms with Crippen LogP contribution in [0.15, 0.2) is 0 Å². The van der Waals surface area contributed by atoms with Gasteiger partial charge >= 0.3 is 5.97 Å². The Kier molecular flexibility index (Phi) is 12.1. The van der Waals surface area contributed by atoms with E-state index in [2.05, 4.69) is 6.92 Å². The van der Waals surface area contributed by atoms with Crippen LogP contribution in [0, 0.1) is 0 Å². The molecule has 0 heterocycles. The van der Waals surface area contributed by atoms with Crippen molar-refractivity contribution in [2.75, 3.05) is 0 Å². The van der Waals surface area contributed by atoms with Crippen LogP contribution in [0.4, 0.5) is 0 Å². The smallest absolute Gasteiger partial charge is 0.358 e. The van der Waals surface area contributed by atoms with Crippen molar-refractivity contribution in [2.24, 2.45) is 0 Å². The molecule has 1 atom stereocenters. The maximum atomic E-state index is 11.5. The van der Waals surface area contributed by atoms with Gasteiger partial charge in [0.15, 0.2) is 0 Å². The quantitative estimate of drug-likeness (QED) is 0.253. The van der Waals surface area contributed by atoms with Gasteiger partial charge in [0.2, 0.25) is 0 Å². The predicted octanol–water partition coefficient (Wildman–Crippen LogP) is 6.21. The highest BCUT2D eigenvalue weighted by atomic mass is 35.6. The molecule has 5 heteroatoms. The zero-order valence-corrected chi connectivity index (χ0v) is 14.9. The summed E-state index contributed by atoms with van der Waals surface area (Å²) in [5, 5.41) is 0. The largest absolute Gasteiger partial charge is 0.459 e. The van der Waals surface area contributed by atoms with Gasteiger partial charge < -0.3 is 4.74 Å². The van der Waals surface area contributed by atoms with Gasteiger partial charge in [-0.1, -0.05) is 93.6 Å². The topological polar surface area (TPSA) is 26.3 Å². The molecule has 0 aromatic heterocycles. The van der Waals surface area contributed by atoms with Crippen molar-refractivity contribution in [1.29, 1.82) is 0 Å². The lowest BCUT2D eigenvalue weighted by molar-refractivity contribution is -0.148. The lowest BCUT2D eigenvalue weighted by Gasteiger charge is -2.18. The monoisotopic (exact) mass is 344 g/mol. The summed E-state index contributed by atoms with van der Waals surface area (Å²) < 4.78 is 3.22. The molecule has 0 saturated carbocycles. The highest BCUT2D eigenvalue weighted by Crippen LogP contribution is 2.28. The number of unbranched alkanes of at least 4 members (excludes halogenated alkanes) is 7. The lowest BCUT2D eigenvalue weighted by atomic mass is 10.0. The fraction of sp³-hybridized carbons (Fsp3) is 0.933. The molecule has 0 rings (SSSR count). The van der Waals surface area contributed by atoms with E-state index < -0.39 is 9.76 Å². The van der Waals surface area contributed by atoms with Crippen molar-refractivity contribution >= 4 is 40.8 Å². The molecule has 2 nitrogen and oxygen atoms in total. The molecule has 20 heavy (non-hydrogen) atoms. The molecule has 0 amide bonds. The molecule has 0 spiro atoms. The van der Waals surface area contributed by atoms with Crippen LogP contribution in [0.5, 0.6) is 0 Å². The highest BCUT2D eigenvalue weighted by Gasteiger charge is 2.34. The van der Waals surface area contributed by atoms with Gasteiger partial charge in [0.05, 0.1) is 0 Å². The summed E-state index contributed by atoms with van der Waals surface area (Å²) in [6, 6.07) is 0. The molecule has 0 aliphatic heterocycles. The number of rotatable bonds is 11. The number of carbonyl (C=O) groups excluding carboxylic acids is 1. The number of carbonyl (C=O) groups is 1. The van der Waals surface area contributed by atoms with Gasteiger partial charge in [0.25, 0.3) is 3.79 Å². The van der Waals surface area contributed by atoms with E-state index in [-0.39, 0.29) is 6.10 Å². The predicted molar refractivity (Wildman–Crippen MR) is 87.7 cm³/mol. The summed E-state index contributed by atoms with van der Waals surface area (Å²) in [6.45, 7) is 4.20. The van der Waals surface area contributed by atoms with E-state index in [1.165, 1.54) is 44.9 Å². The molecule has 0 fully saturated rings. The number of esters is 1. The third kappa shape index (κ3) is 11.0. The normalized spacial score (nSPS) is 13.2. The van der Waals surface area contributed by atoms with Crippen molar-refractivity contribution in [2.45, 2.75) is 88.0 Å². The van der Waals surface area contributed by atoms with Gasteiger partial charge in [-0.05, 0) is 19.3 Å². The Morgan fingerprint density at radius 2 is 1.45 bits per heavy atom. The molecule has 0 radical (unpaired) electrons. The van der Waals surface area contributed by atoms with Crippen molar-refractivity contribution in [3.63, 3.8) is 0 Å². The van der Waals surface area contributed by atoms with E-state index in [1.807, 2.05) is 6.92 Å². The number of ether oxygens (including phenoxy) is 1. The summed E-state index contributed by atoms with van der Waals surface area (Å²) in [6.07, 6.45) is 11.5. The molecule has 120 valence electrons. The van der Waals surface area contributed by atoms with Crippen molar-refractivity contribution in [3.05, 3.63) is 0 Å². The zero-order chi connectivity index (χ0) is 15.4. The third-order valence-electron chi connectivity index (χ3n) is 3.34. The Balaban J connectivity index is 3.63. The maximum Gasteiger partial charge on any atom is 0.358 e. The van der Waals surface area contributed by atoms with Gasteiger partial charge in [-0.2, -0.15) is 0 Å². The Bertz CT molecular complexity index is 252. The van der Waals surface area contributed by atoms with E-state index in [0.717, 1.165) is 19.3 Å². The van der Waals surface area contributed by atoms with E-state index in [0.29, 0.717) is 0 Å². The Morgan fingerprint density at radius 1 is 0.950 bits per heavy atom. The second kappa shape index (κ2) is 11.9. The van der Waals surface area contributed by atoms with Crippen LogP contribution >= 0.6 is 34.8 Å². The first-order valence-corrected chi connectivity index (χ1v) is 8.83. The zero-order valence-electron chi connectivity index (χ0n) is 12.6. The summed E-state index contributed by atoms with van der Waals surface area (Å²) >= 11 is 16.5. The summed E-state index contributed by atoms with van der Waals surface area (Å²) in [5.74, 6) is -0.770. The van der Waals surface area contributed by atoms with Gasteiger partial charge in [-0.25, -0.2) is 4.79 Å². The minimum atomic E-state index is -1.97. The lowest BCUT2D eigenvalue weighted by Crippen LogP contribution is -2.27. The fourth-order valence-electron chi connectivity index (χ4n) is 2.07. The van der Waals surface area contributed by atoms with Crippen LogP contribution in [-0.2, 0) is 9.53 Å². The second-order valence-electron chi connectivity index (χ2n) is 5.20. The van der Waals surface area contributed by atoms with Gasteiger partial charge in [0.1, 0.15) is 6.10 Å². The Labute approximate surface area is 138 Å². The van der Waals surface area contributed by atoms with Crippen LogP contribution in [0.2, 0.25) is 0 Å².